The standard InChI is InChI=1S/C14H31NO/c1-11(2,3)10(12(4,5)6)14(15,16)13(7,8)9/h10,16H,15H2,1-9H3. The molecule has 0 aromatic heterocycles. The molecule has 98 valence electrons. The van der Waals surface area contributed by atoms with E-state index in [1.807, 2.05) is 20.8 Å². The Morgan fingerprint density at radius 1 is 0.750 bits per heavy atom. The summed E-state index contributed by atoms with van der Waals surface area (Å²) < 4.78 is 0. The molecule has 0 radical (unpaired) electrons. The fourth-order valence-electron chi connectivity index (χ4n) is 3.05. The molecule has 0 heterocycles. The Balaban J connectivity index is 5.57. The van der Waals surface area contributed by atoms with Crippen LogP contribution in [-0.2, 0) is 0 Å². The van der Waals surface area contributed by atoms with Crippen molar-refractivity contribution in [3.05, 3.63) is 0 Å². The van der Waals surface area contributed by atoms with E-state index in [0.717, 1.165) is 0 Å². The number of aliphatic hydroxyl groups is 1. The molecule has 0 aromatic carbocycles. The largest absolute Gasteiger partial charge is 0.375 e. The van der Waals surface area contributed by atoms with Gasteiger partial charge >= 0.3 is 0 Å². The lowest BCUT2D eigenvalue weighted by Gasteiger charge is -2.53. The molecule has 0 saturated carbocycles. The van der Waals surface area contributed by atoms with E-state index in [4.69, 9.17) is 5.73 Å². The molecule has 2 heteroatoms. The summed E-state index contributed by atoms with van der Waals surface area (Å²) in [5.74, 6) is 0.0208. The van der Waals surface area contributed by atoms with Gasteiger partial charge in [-0.05, 0) is 10.8 Å². The molecule has 0 aromatic rings. The van der Waals surface area contributed by atoms with Gasteiger partial charge in [0.1, 0.15) is 5.72 Å². The molecule has 0 aliphatic carbocycles. The van der Waals surface area contributed by atoms with Gasteiger partial charge in [-0.3, -0.25) is 0 Å². The minimum atomic E-state index is -1.18. The van der Waals surface area contributed by atoms with Gasteiger partial charge in [0.25, 0.3) is 0 Å². The molecule has 16 heavy (non-hydrogen) atoms. The molecule has 0 bridgehead atoms. The summed E-state index contributed by atoms with van der Waals surface area (Å²) >= 11 is 0. The Kier molecular flexibility index (Phi) is 3.97. The molecule has 0 aliphatic heterocycles. The van der Waals surface area contributed by atoms with Crippen LogP contribution in [0.2, 0.25) is 0 Å². The summed E-state index contributed by atoms with van der Waals surface area (Å²) in [5.41, 5.74) is 4.69. The van der Waals surface area contributed by atoms with Crippen molar-refractivity contribution in [1.29, 1.82) is 0 Å². The lowest BCUT2D eigenvalue weighted by molar-refractivity contribution is -0.166. The summed E-state index contributed by atoms with van der Waals surface area (Å²) in [6.45, 7) is 18.9. The highest BCUT2D eigenvalue weighted by Gasteiger charge is 2.52. The SMILES string of the molecule is CC(C)(C)C(C(C)(C)C)C(N)(O)C(C)(C)C. The van der Waals surface area contributed by atoms with E-state index in [9.17, 15) is 5.11 Å². The second-order valence-electron chi connectivity index (χ2n) is 8.24. The monoisotopic (exact) mass is 229 g/mol. The summed E-state index contributed by atoms with van der Waals surface area (Å²) in [5, 5.41) is 10.8. The van der Waals surface area contributed by atoms with Crippen molar-refractivity contribution in [3.63, 3.8) is 0 Å². The number of rotatable bonds is 1. The van der Waals surface area contributed by atoms with Crippen LogP contribution in [0.5, 0.6) is 0 Å². The Labute approximate surface area is 102 Å². The summed E-state index contributed by atoms with van der Waals surface area (Å²) in [7, 11) is 0. The lowest BCUT2D eigenvalue weighted by atomic mass is 9.57. The number of hydrogen-bond acceptors (Lipinski definition) is 2. The maximum absolute atomic E-state index is 10.8. The van der Waals surface area contributed by atoms with Crippen LogP contribution in [0.25, 0.3) is 0 Å². The summed E-state index contributed by atoms with van der Waals surface area (Å²) in [4.78, 5) is 0. The molecular formula is C14H31NO. The van der Waals surface area contributed by atoms with Crippen LogP contribution in [0.1, 0.15) is 62.3 Å². The van der Waals surface area contributed by atoms with Crippen LogP contribution in [0, 0.1) is 22.2 Å². The first-order chi connectivity index (χ1) is 6.62. The lowest BCUT2D eigenvalue weighted by Crippen LogP contribution is -2.63. The van der Waals surface area contributed by atoms with E-state index in [1.54, 1.807) is 0 Å². The van der Waals surface area contributed by atoms with E-state index >= 15 is 0 Å². The van der Waals surface area contributed by atoms with Gasteiger partial charge in [-0.15, -0.1) is 0 Å². The van der Waals surface area contributed by atoms with Crippen molar-refractivity contribution < 1.29 is 5.11 Å². The predicted molar refractivity (Wildman–Crippen MR) is 71.0 cm³/mol. The van der Waals surface area contributed by atoms with Gasteiger partial charge in [-0.25, -0.2) is 0 Å². The van der Waals surface area contributed by atoms with Crippen molar-refractivity contribution in [2.75, 3.05) is 0 Å². The van der Waals surface area contributed by atoms with E-state index < -0.39 is 5.72 Å². The normalized spacial score (nSPS) is 18.8. The second-order valence-corrected chi connectivity index (χ2v) is 8.24. The Hall–Kier alpha value is -0.0800. The first-order valence-electron chi connectivity index (χ1n) is 6.13. The van der Waals surface area contributed by atoms with Gasteiger partial charge in [-0.1, -0.05) is 62.3 Å². The van der Waals surface area contributed by atoms with Crippen LogP contribution in [0.3, 0.4) is 0 Å². The molecule has 0 rings (SSSR count). The molecule has 2 nitrogen and oxygen atoms in total. The van der Waals surface area contributed by atoms with Gasteiger partial charge in [-0.2, -0.15) is 0 Å². The van der Waals surface area contributed by atoms with Crippen molar-refractivity contribution in [1.82, 2.24) is 0 Å². The smallest absolute Gasteiger partial charge is 0.122 e. The zero-order chi connectivity index (χ0) is 13.6. The van der Waals surface area contributed by atoms with Gasteiger partial charge in [0.05, 0.1) is 0 Å². The van der Waals surface area contributed by atoms with E-state index in [0.29, 0.717) is 0 Å². The molecule has 3 N–H and O–H groups in total. The molecule has 1 unspecified atom stereocenters. The average molecular weight is 229 g/mol. The first kappa shape index (κ1) is 15.9. The summed E-state index contributed by atoms with van der Waals surface area (Å²) in [6, 6.07) is 0. The second kappa shape index (κ2) is 3.99. The van der Waals surface area contributed by atoms with Crippen LogP contribution in [0.4, 0.5) is 0 Å². The molecule has 0 spiro atoms. The fourth-order valence-corrected chi connectivity index (χ4v) is 3.05. The first-order valence-corrected chi connectivity index (χ1v) is 6.13. The summed E-state index contributed by atoms with van der Waals surface area (Å²) in [6.07, 6.45) is 0. The predicted octanol–water partition coefficient (Wildman–Crippen LogP) is 3.39. The minimum Gasteiger partial charge on any atom is -0.375 e. The number of nitrogens with two attached hydrogens (primary N) is 1. The maximum atomic E-state index is 10.8. The highest BCUT2D eigenvalue weighted by molar-refractivity contribution is 5.00. The van der Waals surface area contributed by atoms with Gasteiger partial charge in [0, 0.05) is 11.3 Å². The molecule has 0 aliphatic rings. The third-order valence-corrected chi connectivity index (χ3v) is 3.37. The molecule has 0 amide bonds. The van der Waals surface area contributed by atoms with E-state index in [1.165, 1.54) is 0 Å². The third kappa shape index (κ3) is 3.21. The molecular weight excluding hydrogens is 198 g/mol. The maximum Gasteiger partial charge on any atom is 0.122 e. The molecule has 0 fully saturated rings. The van der Waals surface area contributed by atoms with Crippen LogP contribution in [-0.4, -0.2) is 10.8 Å². The van der Waals surface area contributed by atoms with Crippen LogP contribution < -0.4 is 5.73 Å². The quantitative estimate of drug-likeness (QED) is 0.677. The zero-order valence-electron chi connectivity index (χ0n) is 12.6. The van der Waals surface area contributed by atoms with Crippen molar-refractivity contribution in [3.8, 4) is 0 Å². The van der Waals surface area contributed by atoms with Crippen molar-refractivity contribution >= 4 is 0 Å². The van der Waals surface area contributed by atoms with Crippen molar-refractivity contribution in [2.24, 2.45) is 27.9 Å². The van der Waals surface area contributed by atoms with E-state index in [-0.39, 0.29) is 22.2 Å². The fraction of sp³-hybridized carbons (Fsp3) is 1.00. The minimum absolute atomic E-state index is 0.0208. The Bertz CT molecular complexity index is 221. The molecule has 1 atom stereocenters. The number of hydrogen-bond donors (Lipinski definition) is 2. The highest BCUT2D eigenvalue weighted by Crippen LogP contribution is 2.49. The topological polar surface area (TPSA) is 46.2 Å². The van der Waals surface area contributed by atoms with Gasteiger partial charge in [0.2, 0.25) is 0 Å². The zero-order valence-corrected chi connectivity index (χ0v) is 12.6. The Morgan fingerprint density at radius 3 is 1.06 bits per heavy atom. The van der Waals surface area contributed by atoms with Gasteiger partial charge in [0.15, 0.2) is 0 Å². The third-order valence-electron chi connectivity index (χ3n) is 3.37. The van der Waals surface area contributed by atoms with Crippen LogP contribution in [0.15, 0.2) is 0 Å². The van der Waals surface area contributed by atoms with Crippen molar-refractivity contribution in [2.45, 2.75) is 68.0 Å². The Morgan fingerprint density at radius 2 is 1.00 bits per heavy atom. The van der Waals surface area contributed by atoms with Gasteiger partial charge < -0.3 is 10.8 Å². The average Bonchev–Trinajstić information content (AvgIpc) is 1.72. The molecule has 0 saturated heterocycles. The van der Waals surface area contributed by atoms with E-state index in [2.05, 4.69) is 41.5 Å². The van der Waals surface area contributed by atoms with Crippen LogP contribution >= 0.6 is 0 Å². The highest BCUT2D eigenvalue weighted by atomic mass is 16.3.